The molecule has 1 unspecified atom stereocenters. The van der Waals surface area contributed by atoms with Gasteiger partial charge in [-0.2, -0.15) is 0 Å². The first-order chi connectivity index (χ1) is 9.24. The van der Waals surface area contributed by atoms with Gasteiger partial charge in [-0.05, 0) is 64.5 Å². The summed E-state index contributed by atoms with van der Waals surface area (Å²) in [6.45, 7) is 3.06. The van der Waals surface area contributed by atoms with Gasteiger partial charge in [0.05, 0.1) is 13.2 Å². The van der Waals surface area contributed by atoms with Crippen LogP contribution in [0.25, 0.3) is 0 Å². The molecule has 1 N–H and O–H groups in total. The van der Waals surface area contributed by atoms with Crippen molar-refractivity contribution in [2.45, 2.75) is 13.0 Å². The molecule has 0 bridgehead atoms. The summed E-state index contributed by atoms with van der Waals surface area (Å²) in [5.74, 6) is 0.890. The Morgan fingerprint density at radius 1 is 1.00 bits per heavy atom. The van der Waals surface area contributed by atoms with Gasteiger partial charge in [-0.3, -0.25) is 0 Å². The van der Waals surface area contributed by atoms with Gasteiger partial charge in [-0.1, -0.05) is 31.2 Å². The zero-order valence-electron chi connectivity index (χ0n) is 11.2. The number of benzene rings is 2. The van der Waals surface area contributed by atoms with Crippen molar-refractivity contribution in [1.29, 1.82) is 0 Å². The molecule has 2 rings (SSSR count). The van der Waals surface area contributed by atoms with Crippen molar-refractivity contribution in [2.75, 3.05) is 13.7 Å². The first-order valence-electron chi connectivity index (χ1n) is 6.37. The quantitative estimate of drug-likeness (QED) is 0.807. The van der Waals surface area contributed by atoms with E-state index in [0.29, 0.717) is 0 Å². The second kappa shape index (κ2) is 6.91. The Morgan fingerprint density at radius 2 is 1.53 bits per heavy atom. The van der Waals surface area contributed by atoms with Crippen molar-refractivity contribution < 1.29 is 4.74 Å². The van der Waals surface area contributed by atoms with Crippen molar-refractivity contribution >= 4 is 22.6 Å². The smallest absolute Gasteiger partial charge is 0.118 e. The molecular weight excluding hydrogens is 349 g/mol. The van der Waals surface area contributed by atoms with Crippen LogP contribution in [0.2, 0.25) is 0 Å². The number of rotatable bonds is 5. The molecule has 19 heavy (non-hydrogen) atoms. The Labute approximate surface area is 128 Å². The van der Waals surface area contributed by atoms with Gasteiger partial charge in [-0.15, -0.1) is 0 Å². The normalized spacial score (nSPS) is 12.2. The van der Waals surface area contributed by atoms with Crippen molar-refractivity contribution in [2.24, 2.45) is 0 Å². The minimum absolute atomic E-state index is 0.230. The number of nitrogens with one attached hydrogen (secondary N) is 1. The Kier molecular flexibility index (Phi) is 5.22. The summed E-state index contributed by atoms with van der Waals surface area (Å²) in [6, 6.07) is 17.1. The van der Waals surface area contributed by atoms with Crippen LogP contribution in [0.1, 0.15) is 24.1 Å². The van der Waals surface area contributed by atoms with Gasteiger partial charge in [0, 0.05) is 3.57 Å². The van der Waals surface area contributed by atoms with Gasteiger partial charge in [-0.25, -0.2) is 0 Å². The maximum Gasteiger partial charge on any atom is 0.118 e. The highest BCUT2D eigenvalue weighted by molar-refractivity contribution is 14.1. The average Bonchev–Trinajstić information content (AvgIpc) is 2.46. The van der Waals surface area contributed by atoms with Crippen LogP contribution in [0.3, 0.4) is 0 Å². The Morgan fingerprint density at radius 3 is 2.00 bits per heavy atom. The fourth-order valence-electron chi connectivity index (χ4n) is 2.08. The molecule has 0 fully saturated rings. The van der Waals surface area contributed by atoms with Gasteiger partial charge in [0.1, 0.15) is 5.75 Å². The van der Waals surface area contributed by atoms with Crippen LogP contribution in [0.4, 0.5) is 0 Å². The molecule has 2 nitrogen and oxygen atoms in total. The maximum atomic E-state index is 5.21. The van der Waals surface area contributed by atoms with Crippen molar-refractivity contribution in [1.82, 2.24) is 5.32 Å². The minimum Gasteiger partial charge on any atom is -0.497 e. The third kappa shape index (κ3) is 3.70. The molecule has 0 saturated heterocycles. The molecule has 3 heteroatoms. The lowest BCUT2D eigenvalue weighted by atomic mass is 9.98. The zero-order chi connectivity index (χ0) is 13.7. The van der Waals surface area contributed by atoms with E-state index >= 15 is 0 Å². The molecule has 0 aliphatic carbocycles. The van der Waals surface area contributed by atoms with E-state index in [9.17, 15) is 0 Å². The van der Waals surface area contributed by atoms with Crippen LogP contribution >= 0.6 is 22.6 Å². The van der Waals surface area contributed by atoms with Crippen LogP contribution in [0, 0.1) is 3.57 Å². The maximum absolute atomic E-state index is 5.21. The highest BCUT2D eigenvalue weighted by Gasteiger charge is 2.12. The summed E-state index contributed by atoms with van der Waals surface area (Å²) < 4.78 is 6.46. The number of hydrogen-bond acceptors (Lipinski definition) is 2. The summed E-state index contributed by atoms with van der Waals surface area (Å²) >= 11 is 2.33. The number of halogens is 1. The van der Waals surface area contributed by atoms with E-state index in [1.165, 1.54) is 14.7 Å². The largest absolute Gasteiger partial charge is 0.497 e. The summed E-state index contributed by atoms with van der Waals surface area (Å²) in [4.78, 5) is 0. The summed E-state index contributed by atoms with van der Waals surface area (Å²) in [6.07, 6.45) is 0. The summed E-state index contributed by atoms with van der Waals surface area (Å²) in [5, 5.41) is 3.53. The molecular formula is C16H18INO. The topological polar surface area (TPSA) is 21.3 Å². The van der Waals surface area contributed by atoms with E-state index in [2.05, 4.69) is 71.2 Å². The lowest BCUT2D eigenvalue weighted by Gasteiger charge is -2.19. The average molecular weight is 367 g/mol. The van der Waals surface area contributed by atoms with E-state index in [1.807, 2.05) is 12.1 Å². The molecule has 0 aliphatic heterocycles. The van der Waals surface area contributed by atoms with Gasteiger partial charge in [0.25, 0.3) is 0 Å². The molecule has 0 heterocycles. The molecule has 2 aromatic rings. The lowest BCUT2D eigenvalue weighted by molar-refractivity contribution is 0.414. The predicted molar refractivity (Wildman–Crippen MR) is 87.7 cm³/mol. The Balaban J connectivity index is 2.30. The summed E-state index contributed by atoms with van der Waals surface area (Å²) in [5.41, 5.74) is 2.54. The van der Waals surface area contributed by atoms with E-state index in [0.717, 1.165) is 12.3 Å². The highest BCUT2D eigenvalue weighted by atomic mass is 127. The Hall–Kier alpha value is -1.07. The van der Waals surface area contributed by atoms with Crippen LogP contribution in [0.5, 0.6) is 5.75 Å². The van der Waals surface area contributed by atoms with Crippen molar-refractivity contribution in [3.05, 3.63) is 63.2 Å². The van der Waals surface area contributed by atoms with Gasteiger partial charge in [0.2, 0.25) is 0 Å². The third-order valence-electron chi connectivity index (χ3n) is 3.06. The van der Waals surface area contributed by atoms with Gasteiger partial charge in [0.15, 0.2) is 0 Å². The molecule has 100 valence electrons. The van der Waals surface area contributed by atoms with Gasteiger partial charge < -0.3 is 10.1 Å². The number of hydrogen-bond donors (Lipinski definition) is 1. The fourth-order valence-corrected chi connectivity index (χ4v) is 2.44. The van der Waals surface area contributed by atoms with E-state index in [-0.39, 0.29) is 6.04 Å². The number of ether oxygens (including phenoxy) is 1. The van der Waals surface area contributed by atoms with Crippen LogP contribution in [0.15, 0.2) is 48.5 Å². The van der Waals surface area contributed by atoms with Crippen LogP contribution in [-0.4, -0.2) is 13.7 Å². The first kappa shape index (κ1) is 14.3. The molecule has 0 amide bonds. The zero-order valence-corrected chi connectivity index (χ0v) is 13.3. The lowest BCUT2D eigenvalue weighted by Crippen LogP contribution is -2.21. The second-order valence-electron chi connectivity index (χ2n) is 4.32. The Bertz CT molecular complexity index is 507. The van der Waals surface area contributed by atoms with E-state index < -0.39 is 0 Å². The predicted octanol–water partition coefficient (Wildman–Crippen LogP) is 4.00. The molecule has 0 spiro atoms. The van der Waals surface area contributed by atoms with E-state index in [1.54, 1.807) is 7.11 Å². The monoisotopic (exact) mass is 367 g/mol. The molecule has 2 aromatic carbocycles. The SMILES string of the molecule is CCNC(c1ccc(I)cc1)c1ccc(OC)cc1. The molecule has 0 aliphatic rings. The molecule has 1 atom stereocenters. The molecule has 0 radical (unpaired) electrons. The molecule has 0 saturated carbocycles. The standard InChI is InChI=1S/C16H18INO/c1-3-18-16(12-4-8-14(17)9-5-12)13-6-10-15(19-2)11-7-13/h4-11,16,18H,3H2,1-2H3. The first-order valence-corrected chi connectivity index (χ1v) is 7.45. The third-order valence-corrected chi connectivity index (χ3v) is 3.78. The highest BCUT2D eigenvalue weighted by Crippen LogP contribution is 2.24. The van der Waals surface area contributed by atoms with Crippen molar-refractivity contribution in [3.8, 4) is 5.75 Å². The summed E-state index contributed by atoms with van der Waals surface area (Å²) in [7, 11) is 1.69. The minimum atomic E-state index is 0.230. The second-order valence-corrected chi connectivity index (χ2v) is 5.56. The molecule has 0 aromatic heterocycles. The van der Waals surface area contributed by atoms with E-state index in [4.69, 9.17) is 4.74 Å². The van der Waals surface area contributed by atoms with Gasteiger partial charge >= 0.3 is 0 Å². The number of methoxy groups -OCH3 is 1. The van der Waals surface area contributed by atoms with Crippen molar-refractivity contribution in [3.63, 3.8) is 0 Å². The van der Waals surface area contributed by atoms with Crippen LogP contribution < -0.4 is 10.1 Å². The van der Waals surface area contributed by atoms with Crippen LogP contribution in [-0.2, 0) is 0 Å². The fraction of sp³-hybridized carbons (Fsp3) is 0.250.